The summed E-state index contributed by atoms with van der Waals surface area (Å²) in [5.41, 5.74) is 0. The smallest absolute Gasteiger partial charge is 0.306 e. The van der Waals surface area contributed by atoms with E-state index in [1.54, 1.807) is 0 Å². The molecule has 0 amide bonds. The van der Waals surface area contributed by atoms with E-state index in [1.807, 2.05) is 21.1 Å². The Kier molecular flexibility index (Phi) is 43.8. The molecule has 0 bridgehead atoms. The molecule has 2 atom stereocenters. The first kappa shape index (κ1) is 59.8. The van der Waals surface area contributed by atoms with Gasteiger partial charge in [0, 0.05) is 19.3 Å². The molecule has 8 nitrogen and oxygen atoms in total. The van der Waals surface area contributed by atoms with Crippen LogP contribution in [-0.2, 0) is 28.6 Å². The lowest BCUT2D eigenvalue weighted by molar-refractivity contribution is -0.889. The highest BCUT2D eigenvalue weighted by molar-refractivity contribution is 5.70. The van der Waals surface area contributed by atoms with Crippen molar-refractivity contribution in [1.82, 2.24) is 0 Å². The molecule has 0 spiro atoms. The van der Waals surface area contributed by atoms with Gasteiger partial charge in [0.1, 0.15) is 12.6 Å². The van der Waals surface area contributed by atoms with Crippen LogP contribution in [0.25, 0.3) is 0 Å². The van der Waals surface area contributed by atoms with Gasteiger partial charge in [-0.25, -0.2) is 0 Å². The van der Waals surface area contributed by atoms with Crippen molar-refractivity contribution < 1.29 is 38.2 Å². The highest BCUT2D eigenvalue weighted by atomic mass is 16.6. The Labute approximate surface area is 383 Å². The standard InChI is InChI=1S/C54H101NO7/c1-6-8-10-12-14-16-18-20-22-24-26-28-30-32-34-36-38-40-42-44-52(56)61-49-50(48-60-47-46-51(54(58)59)55(3,4)5)62-53(57)45-43-41-39-37-35-33-31-29-27-25-23-21-19-17-15-13-11-9-7-2/h20-23,50-51H,6-19,24-49H2,1-5H3/b22-20-,23-21-. The second kappa shape index (κ2) is 45.4. The highest BCUT2D eigenvalue weighted by Gasteiger charge is 2.25. The predicted octanol–water partition coefficient (Wildman–Crippen LogP) is 13.9. The number of unbranched alkanes of at least 4 members (excludes halogenated alkanes) is 30. The number of esters is 2. The van der Waals surface area contributed by atoms with Crippen molar-refractivity contribution in [2.75, 3.05) is 41.0 Å². The van der Waals surface area contributed by atoms with Crippen molar-refractivity contribution in [3.8, 4) is 0 Å². The summed E-state index contributed by atoms with van der Waals surface area (Å²) in [4.78, 5) is 37.0. The summed E-state index contributed by atoms with van der Waals surface area (Å²) in [6, 6.07) is -0.725. The Bertz CT molecular complexity index is 1070. The average molecular weight is 876 g/mol. The summed E-state index contributed by atoms with van der Waals surface area (Å²) in [5.74, 6) is -1.72. The van der Waals surface area contributed by atoms with Crippen molar-refractivity contribution in [2.24, 2.45) is 0 Å². The zero-order valence-electron chi connectivity index (χ0n) is 41.6. The quantitative estimate of drug-likeness (QED) is 0.0260. The Morgan fingerprint density at radius 1 is 0.468 bits per heavy atom. The maximum Gasteiger partial charge on any atom is 0.306 e. The fraction of sp³-hybridized carbons (Fsp3) is 0.870. The lowest BCUT2D eigenvalue weighted by Crippen LogP contribution is -2.55. The Morgan fingerprint density at radius 3 is 1.16 bits per heavy atom. The molecule has 0 aliphatic carbocycles. The van der Waals surface area contributed by atoms with Crippen LogP contribution >= 0.6 is 0 Å². The van der Waals surface area contributed by atoms with Gasteiger partial charge in [-0.1, -0.05) is 192 Å². The summed E-state index contributed by atoms with van der Waals surface area (Å²) in [7, 11) is 5.42. The lowest BCUT2D eigenvalue weighted by Gasteiger charge is -2.34. The van der Waals surface area contributed by atoms with Gasteiger partial charge in [0.15, 0.2) is 6.10 Å². The molecule has 0 heterocycles. The van der Waals surface area contributed by atoms with Crippen LogP contribution < -0.4 is 5.11 Å². The fourth-order valence-electron chi connectivity index (χ4n) is 7.94. The number of rotatable bonds is 48. The van der Waals surface area contributed by atoms with Crippen LogP contribution in [0.1, 0.15) is 251 Å². The molecule has 0 fully saturated rings. The topological polar surface area (TPSA) is 102 Å². The number of nitrogens with zero attached hydrogens (tertiary/aromatic N) is 1. The fourth-order valence-corrected chi connectivity index (χ4v) is 7.94. The molecule has 0 saturated heterocycles. The minimum atomic E-state index is -1.12. The van der Waals surface area contributed by atoms with Crippen LogP contribution in [0.3, 0.4) is 0 Å². The molecule has 8 heteroatoms. The zero-order chi connectivity index (χ0) is 45.6. The number of carboxylic acids is 1. The summed E-state index contributed by atoms with van der Waals surface area (Å²) >= 11 is 0. The zero-order valence-corrected chi connectivity index (χ0v) is 41.6. The van der Waals surface area contributed by atoms with Gasteiger partial charge in [-0.2, -0.15) is 0 Å². The minimum absolute atomic E-state index is 0.0430. The van der Waals surface area contributed by atoms with Crippen LogP contribution in [0, 0.1) is 0 Å². The van der Waals surface area contributed by atoms with E-state index in [-0.39, 0.29) is 42.7 Å². The van der Waals surface area contributed by atoms with Crippen molar-refractivity contribution in [1.29, 1.82) is 0 Å². The van der Waals surface area contributed by atoms with E-state index in [4.69, 9.17) is 14.2 Å². The van der Waals surface area contributed by atoms with Gasteiger partial charge in [0.2, 0.25) is 0 Å². The van der Waals surface area contributed by atoms with Crippen LogP contribution in [0.5, 0.6) is 0 Å². The molecule has 0 aliphatic rings. The van der Waals surface area contributed by atoms with Gasteiger partial charge < -0.3 is 28.6 Å². The van der Waals surface area contributed by atoms with Crippen LogP contribution in [-0.4, -0.2) is 75.5 Å². The largest absolute Gasteiger partial charge is 0.544 e. The monoisotopic (exact) mass is 876 g/mol. The van der Waals surface area contributed by atoms with Gasteiger partial charge in [0.05, 0.1) is 40.3 Å². The Morgan fingerprint density at radius 2 is 0.806 bits per heavy atom. The van der Waals surface area contributed by atoms with Crippen molar-refractivity contribution in [2.45, 2.75) is 264 Å². The minimum Gasteiger partial charge on any atom is -0.544 e. The molecule has 0 aromatic rings. The van der Waals surface area contributed by atoms with E-state index in [2.05, 4.69) is 38.2 Å². The SMILES string of the molecule is CCCCCCCC/C=C\CCCCCCCCCCCC(=O)OCC(COCCC(C(=O)[O-])[N+](C)(C)C)OC(=O)CCCCCCCCCCC/C=C\CCCCCCCC. The molecule has 0 aliphatic heterocycles. The molecule has 2 unspecified atom stereocenters. The maximum absolute atomic E-state index is 12.8. The molecule has 0 aromatic heterocycles. The van der Waals surface area contributed by atoms with Crippen LogP contribution in [0.15, 0.2) is 24.3 Å². The Hall–Kier alpha value is -2.19. The molecular weight excluding hydrogens is 775 g/mol. The first-order chi connectivity index (χ1) is 30.1. The summed E-state index contributed by atoms with van der Waals surface area (Å²) in [6.07, 6.45) is 52.0. The molecule has 0 N–H and O–H groups in total. The summed E-state index contributed by atoms with van der Waals surface area (Å²) in [5, 5.41) is 11.7. The normalized spacial score (nSPS) is 13.0. The van der Waals surface area contributed by atoms with Gasteiger partial charge in [-0.3, -0.25) is 9.59 Å². The third-order valence-electron chi connectivity index (χ3n) is 12.1. The molecule has 0 aromatic carbocycles. The van der Waals surface area contributed by atoms with Crippen molar-refractivity contribution in [3.05, 3.63) is 24.3 Å². The number of ether oxygens (including phenoxy) is 3. The summed E-state index contributed by atoms with van der Waals surface area (Å²) in [6.45, 7) is 4.69. The van der Waals surface area contributed by atoms with Crippen LogP contribution in [0.2, 0.25) is 0 Å². The second-order valence-electron chi connectivity index (χ2n) is 19.1. The Balaban J connectivity index is 4.21. The number of carboxylic acid groups (broad SMARTS) is 1. The van der Waals surface area contributed by atoms with Gasteiger partial charge in [-0.05, 0) is 64.2 Å². The molecule has 62 heavy (non-hydrogen) atoms. The maximum atomic E-state index is 12.8. The number of aliphatic carboxylic acids is 1. The van der Waals surface area contributed by atoms with Gasteiger partial charge in [0.25, 0.3) is 0 Å². The molecule has 0 saturated carbocycles. The first-order valence-electron chi connectivity index (χ1n) is 26.4. The predicted molar refractivity (Wildman–Crippen MR) is 259 cm³/mol. The van der Waals surface area contributed by atoms with E-state index in [0.717, 1.165) is 38.5 Å². The first-order valence-corrected chi connectivity index (χ1v) is 26.4. The number of carbonyl (C=O) groups is 3. The number of allylic oxidation sites excluding steroid dienone is 4. The van der Waals surface area contributed by atoms with E-state index in [9.17, 15) is 19.5 Å². The van der Waals surface area contributed by atoms with Crippen LogP contribution in [0.4, 0.5) is 0 Å². The van der Waals surface area contributed by atoms with E-state index in [0.29, 0.717) is 12.8 Å². The van der Waals surface area contributed by atoms with Crippen molar-refractivity contribution >= 4 is 17.9 Å². The number of carbonyl (C=O) groups excluding carboxylic acids is 3. The second-order valence-corrected chi connectivity index (χ2v) is 19.1. The number of hydrogen-bond donors (Lipinski definition) is 0. The van der Waals surface area contributed by atoms with E-state index in [1.165, 1.54) is 180 Å². The van der Waals surface area contributed by atoms with E-state index < -0.39 is 18.1 Å². The van der Waals surface area contributed by atoms with E-state index >= 15 is 0 Å². The van der Waals surface area contributed by atoms with Crippen molar-refractivity contribution in [3.63, 3.8) is 0 Å². The summed E-state index contributed by atoms with van der Waals surface area (Å²) < 4.78 is 17.3. The molecule has 0 radical (unpaired) electrons. The highest BCUT2D eigenvalue weighted by Crippen LogP contribution is 2.16. The number of hydrogen-bond acceptors (Lipinski definition) is 7. The number of quaternary nitrogens is 1. The molecule has 364 valence electrons. The third-order valence-corrected chi connectivity index (χ3v) is 12.1. The third kappa shape index (κ3) is 43.1. The molecular formula is C54H101NO7. The number of likely N-dealkylation sites (N-methyl/N-ethyl adjacent to an activating group) is 1. The lowest BCUT2D eigenvalue weighted by atomic mass is 10.1. The van der Waals surface area contributed by atoms with Gasteiger partial charge in [-0.15, -0.1) is 0 Å². The molecule has 0 rings (SSSR count). The average Bonchev–Trinajstić information content (AvgIpc) is 3.23. The van der Waals surface area contributed by atoms with Gasteiger partial charge >= 0.3 is 11.9 Å².